The molecule has 2 unspecified atom stereocenters. The number of nitrogens with zero attached hydrogens (tertiary/aromatic N) is 1. The normalized spacial score (nSPS) is 33.0. The van der Waals surface area contributed by atoms with E-state index < -0.39 is 0 Å². The summed E-state index contributed by atoms with van der Waals surface area (Å²) in [6.07, 6.45) is 6.99. The Morgan fingerprint density at radius 3 is 2.56 bits per heavy atom. The predicted molar refractivity (Wildman–Crippen MR) is 69.7 cm³/mol. The molecule has 94 valence electrons. The van der Waals surface area contributed by atoms with Crippen molar-refractivity contribution in [2.45, 2.75) is 71.0 Å². The molecule has 0 radical (unpaired) electrons. The van der Waals surface area contributed by atoms with Gasteiger partial charge in [-0.25, -0.2) is 0 Å². The Bertz CT molecular complexity index is 211. The zero-order chi connectivity index (χ0) is 11.5. The van der Waals surface area contributed by atoms with Gasteiger partial charge in [-0.1, -0.05) is 27.2 Å². The number of piperazine rings is 1. The van der Waals surface area contributed by atoms with Crippen molar-refractivity contribution in [2.24, 2.45) is 5.92 Å². The Balaban J connectivity index is 1.89. The lowest BCUT2D eigenvalue weighted by Crippen LogP contribution is -2.60. The van der Waals surface area contributed by atoms with E-state index in [-0.39, 0.29) is 0 Å². The summed E-state index contributed by atoms with van der Waals surface area (Å²) in [5, 5.41) is 3.74. The zero-order valence-electron chi connectivity index (χ0n) is 11.2. The van der Waals surface area contributed by atoms with Gasteiger partial charge in [0, 0.05) is 31.2 Å². The first kappa shape index (κ1) is 12.4. The fourth-order valence-electron chi connectivity index (χ4n) is 3.16. The molecular weight excluding hydrogens is 196 g/mol. The summed E-state index contributed by atoms with van der Waals surface area (Å²) in [6.45, 7) is 9.51. The van der Waals surface area contributed by atoms with Crippen molar-refractivity contribution in [1.29, 1.82) is 0 Å². The molecule has 16 heavy (non-hydrogen) atoms. The molecule has 1 saturated heterocycles. The summed E-state index contributed by atoms with van der Waals surface area (Å²) in [6, 6.07) is 2.46. The van der Waals surface area contributed by atoms with E-state index >= 15 is 0 Å². The van der Waals surface area contributed by atoms with Gasteiger partial charge in [0.15, 0.2) is 0 Å². The van der Waals surface area contributed by atoms with Crippen LogP contribution in [0.2, 0.25) is 0 Å². The van der Waals surface area contributed by atoms with Crippen LogP contribution < -0.4 is 5.32 Å². The molecule has 2 atom stereocenters. The Labute approximate surface area is 101 Å². The van der Waals surface area contributed by atoms with Crippen molar-refractivity contribution >= 4 is 0 Å². The molecular formula is C14H28N2. The lowest BCUT2D eigenvalue weighted by atomic mass is 9.87. The smallest absolute Gasteiger partial charge is 0.0221 e. The first-order chi connectivity index (χ1) is 7.70. The van der Waals surface area contributed by atoms with E-state index in [2.05, 4.69) is 31.0 Å². The van der Waals surface area contributed by atoms with E-state index in [1.54, 1.807) is 0 Å². The summed E-state index contributed by atoms with van der Waals surface area (Å²) in [5.74, 6) is 0.818. The van der Waals surface area contributed by atoms with E-state index in [0.29, 0.717) is 0 Å². The maximum atomic E-state index is 3.74. The van der Waals surface area contributed by atoms with Crippen LogP contribution in [0.3, 0.4) is 0 Å². The third kappa shape index (κ3) is 2.78. The fraction of sp³-hybridized carbons (Fsp3) is 1.00. The van der Waals surface area contributed by atoms with Crippen LogP contribution in [0.5, 0.6) is 0 Å². The standard InChI is InChI=1S/C14H28N2/c1-4-13-9-15-12(8-11(2)3)10-16(13)14-6-5-7-14/h11-15H,4-10H2,1-3H3. The minimum absolute atomic E-state index is 0.739. The van der Waals surface area contributed by atoms with Crippen LogP contribution in [0.4, 0.5) is 0 Å². The van der Waals surface area contributed by atoms with Crippen LogP contribution in [0.25, 0.3) is 0 Å². The second-order valence-corrected chi connectivity index (χ2v) is 6.08. The number of hydrogen-bond acceptors (Lipinski definition) is 2. The van der Waals surface area contributed by atoms with Crippen molar-refractivity contribution in [3.05, 3.63) is 0 Å². The van der Waals surface area contributed by atoms with Gasteiger partial charge in [0.1, 0.15) is 0 Å². The predicted octanol–water partition coefficient (Wildman–Crippen LogP) is 2.64. The fourth-order valence-corrected chi connectivity index (χ4v) is 3.16. The average molecular weight is 224 g/mol. The highest BCUT2D eigenvalue weighted by molar-refractivity contribution is 4.92. The highest BCUT2D eigenvalue weighted by Gasteiger charge is 2.34. The molecule has 1 N–H and O–H groups in total. The van der Waals surface area contributed by atoms with Gasteiger partial charge >= 0.3 is 0 Å². The first-order valence-electron chi connectivity index (χ1n) is 7.19. The molecule has 2 nitrogen and oxygen atoms in total. The summed E-state index contributed by atoms with van der Waals surface area (Å²) in [5.41, 5.74) is 0. The molecule has 0 amide bonds. The molecule has 1 aliphatic carbocycles. The third-order valence-corrected chi connectivity index (χ3v) is 4.31. The maximum Gasteiger partial charge on any atom is 0.0221 e. The Hall–Kier alpha value is -0.0800. The highest BCUT2D eigenvalue weighted by Crippen LogP contribution is 2.29. The minimum Gasteiger partial charge on any atom is -0.311 e. The second kappa shape index (κ2) is 5.50. The average Bonchev–Trinajstić information content (AvgIpc) is 2.14. The van der Waals surface area contributed by atoms with Gasteiger partial charge in [-0.05, 0) is 31.6 Å². The lowest BCUT2D eigenvalue weighted by Gasteiger charge is -2.48. The monoisotopic (exact) mass is 224 g/mol. The molecule has 0 aromatic heterocycles. The molecule has 0 bridgehead atoms. The van der Waals surface area contributed by atoms with Gasteiger partial charge in [0.05, 0.1) is 0 Å². The van der Waals surface area contributed by atoms with Gasteiger partial charge in [-0.15, -0.1) is 0 Å². The molecule has 2 aliphatic rings. The van der Waals surface area contributed by atoms with Crippen molar-refractivity contribution in [2.75, 3.05) is 13.1 Å². The van der Waals surface area contributed by atoms with Crippen LogP contribution in [0, 0.1) is 5.92 Å². The molecule has 1 heterocycles. The SMILES string of the molecule is CCC1CNC(CC(C)C)CN1C1CCC1. The van der Waals surface area contributed by atoms with E-state index in [4.69, 9.17) is 0 Å². The second-order valence-electron chi connectivity index (χ2n) is 6.08. The van der Waals surface area contributed by atoms with E-state index in [0.717, 1.165) is 24.0 Å². The number of hydrogen-bond donors (Lipinski definition) is 1. The van der Waals surface area contributed by atoms with E-state index in [1.807, 2.05) is 0 Å². The van der Waals surface area contributed by atoms with E-state index in [1.165, 1.54) is 45.2 Å². The van der Waals surface area contributed by atoms with Crippen LogP contribution in [-0.4, -0.2) is 36.1 Å². The molecule has 1 aliphatic heterocycles. The van der Waals surface area contributed by atoms with Gasteiger partial charge in [-0.3, -0.25) is 4.90 Å². The topological polar surface area (TPSA) is 15.3 Å². The third-order valence-electron chi connectivity index (χ3n) is 4.31. The highest BCUT2D eigenvalue weighted by atomic mass is 15.3. The summed E-state index contributed by atoms with van der Waals surface area (Å²) < 4.78 is 0. The van der Waals surface area contributed by atoms with Crippen molar-refractivity contribution in [3.8, 4) is 0 Å². The van der Waals surface area contributed by atoms with E-state index in [9.17, 15) is 0 Å². The molecule has 0 spiro atoms. The molecule has 0 aromatic carbocycles. The molecule has 2 heteroatoms. The lowest BCUT2D eigenvalue weighted by molar-refractivity contribution is 0.0368. The Morgan fingerprint density at radius 2 is 2.06 bits per heavy atom. The van der Waals surface area contributed by atoms with Crippen LogP contribution in [0.1, 0.15) is 52.9 Å². The molecule has 2 rings (SSSR count). The van der Waals surface area contributed by atoms with Gasteiger partial charge in [0.2, 0.25) is 0 Å². The molecule has 2 fully saturated rings. The van der Waals surface area contributed by atoms with Gasteiger partial charge in [0.25, 0.3) is 0 Å². The van der Waals surface area contributed by atoms with Crippen molar-refractivity contribution < 1.29 is 0 Å². The van der Waals surface area contributed by atoms with Crippen molar-refractivity contribution in [3.63, 3.8) is 0 Å². The number of nitrogens with one attached hydrogen (secondary N) is 1. The van der Waals surface area contributed by atoms with Gasteiger partial charge in [-0.2, -0.15) is 0 Å². The van der Waals surface area contributed by atoms with Crippen molar-refractivity contribution in [1.82, 2.24) is 10.2 Å². The van der Waals surface area contributed by atoms with Crippen LogP contribution in [0.15, 0.2) is 0 Å². The largest absolute Gasteiger partial charge is 0.311 e. The summed E-state index contributed by atoms with van der Waals surface area (Å²) in [7, 11) is 0. The number of rotatable bonds is 4. The first-order valence-corrected chi connectivity index (χ1v) is 7.19. The minimum atomic E-state index is 0.739. The molecule has 0 aromatic rings. The molecule has 1 saturated carbocycles. The Kier molecular flexibility index (Phi) is 4.26. The zero-order valence-corrected chi connectivity index (χ0v) is 11.2. The van der Waals surface area contributed by atoms with Crippen LogP contribution in [-0.2, 0) is 0 Å². The van der Waals surface area contributed by atoms with Crippen LogP contribution >= 0.6 is 0 Å². The summed E-state index contributed by atoms with van der Waals surface area (Å²) in [4.78, 5) is 2.81. The van der Waals surface area contributed by atoms with Gasteiger partial charge < -0.3 is 5.32 Å². The summed E-state index contributed by atoms with van der Waals surface area (Å²) >= 11 is 0. The Morgan fingerprint density at radius 1 is 1.31 bits per heavy atom. The maximum absolute atomic E-state index is 3.74. The quantitative estimate of drug-likeness (QED) is 0.790.